The highest BCUT2D eigenvalue weighted by Gasteiger charge is 2.26. The molecule has 1 aliphatic carbocycles. The fourth-order valence-electron chi connectivity index (χ4n) is 2.76. The van der Waals surface area contributed by atoms with Gasteiger partial charge in [0.25, 0.3) is 0 Å². The summed E-state index contributed by atoms with van der Waals surface area (Å²) < 4.78 is 11.1. The second-order valence-corrected chi connectivity index (χ2v) is 5.84. The van der Waals surface area contributed by atoms with Crippen LogP contribution in [0, 0.1) is 0 Å². The van der Waals surface area contributed by atoms with E-state index in [9.17, 15) is 0 Å². The summed E-state index contributed by atoms with van der Waals surface area (Å²) in [7, 11) is 0. The summed E-state index contributed by atoms with van der Waals surface area (Å²) in [6, 6.07) is 8.47. The van der Waals surface area contributed by atoms with Crippen LogP contribution in [0.2, 0.25) is 0 Å². The van der Waals surface area contributed by atoms with Gasteiger partial charge in [0.05, 0.1) is 19.0 Å². The van der Waals surface area contributed by atoms with Crippen molar-refractivity contribution in [1.82, 2.24) is 0 Å². The summed E-state index contributed by atoms with van der Waals surface area (Å²) in [6.45, 7) is 10.1. The van der Waals surface area contributed by atoms with Gasteiger partial charge >= 0.3 is 0 Å². The SMILES string of the molecule is CCOC1=CC=C(C(C)(C)c2ccc(OCC)cc2)CC1. The predicted octanol–water partition coefficient (Wildman–Crippen LogP) is 5.00. The Morgan fingerprint density at radius 2 is 1.57 bits per heavy atom. The molecular formula is C19H26O2. The second kappa shape index (κ2) is 6.84. The summed E-state index contributed by atoms with van der Waals surface area (Å²) in [5.41, 5.74) is 2.82. The standard InChI is InChI=1S/C19H26O2/c1-5-20-17-11-7-15(8-12-17)19(3,4)16-9-13-18(14-10-16)21-6-2/h7-9,11-13H,5-6,10,14H2,1-4H3. The average Bonchev–Trinajstić information content (AvgIpc) is 2.49. The van der Waals surface area contributed by atoms with E-state index in [2.05, 4.69) is 50.3 Å². The van der Waals surface area contributed by atoms with Gasteiger partial charge in [-0.25, -0.2) is 0 Å². The number of ether oxygens (including phenoxy) is 2. The number of hydrogen-bond donors (Lipinski definition) is 0. The fourth-order valence-corrected chi connectivity index (χ4v) is 2.76. The molecule has 2 nitrogen and oxygen atoms in total. The van der Waals surface area contributed by atoms with Crippen LogP contribution >= 0.6 is 0 Å². The van der Waals surface area contributed by atoms with Crippen molar-refractivity contribution < 1.29 is 9.47 Å². The molecule has 0 saturated heterocycles. The summed E-state index contributed by atoms with van der Waals surface area (Å²) in [5.74, 6) is 2.04. The van der Waals surface area contributed by atoms with Gasteiger partial charge in [0, 0.05) is 11.8 Å². The molecule has 0 N–H and O–H groups in total. The first-order chi connectivity index (χ1) is 10.1. The zero-order valence-corrected chi connectivity index (χ0v) is 13.6. The molecule has 21 heavy (non-hydrogen) atoms. The van der Waals surface area contributed by atoms with E-state index in [-0.39, 0.29) is 5.41 Å². The first kappa shape index (κ1) is 15.7. The molecule has 0 spiro atoms. The van der Waals surface area contributed by atoms with Crippen molar-refractivity contribution in [3.63, 3.8) is 0 Å². The van der Waals surface area contributed by atoms with Crippen LogP contribution in [-0.4, -0.2) is 13.2 Å². The van der Waals surface area contributed by atoms with Crippen LogP contribution in [0.1, 0.15) is 46.1 Å². The lowest BCUT2D eigenvalue weighted by Gasteiger charge is -2.31. The molecule has 0 amide bonds. The van der Waals surface area contributed by atoms with Crippen LogP contribution in [0.25, 0.3) is 0 Å². The Kier molecular flexibility index (Phi) is 5.11. The minimum Gasteiger partial charge on any atom is -0.498 e. The Balaban J connectivity index is 2.17. The van der Waals surface area contributed by atoms with E-state index in [1.54, 1.807) is 0 Å². The maximum Gasteiger partial charge on any atom is 0.119 e. The zero-order chi connectivity index (χ0) is 15.3. The molecule has 0 radical (unpaired) electrons. The first-order valence-electron chi connectivity index (χ1n) is 7.84. The third kappa shape index (κ3) is 3.69. The van der Waals surface area contributed by atoms with Crippen molar-refractivity contribution in [2.75, 3.05) is 13.2 Å². The van der Waals surface area contributed by atoms with Crippen molar-refractivity contribution in [1.29, 1.82) is 0 Å². The second-order valence-electron chi connectivity index (χ2n) is 5.84. The van der Waals surface area contributed by atoms with E-state index in [4.69, 9.17) is 9.47 Å². The van der Waals surface area contributed by atoms with Crippen molar-refractivity contribution >= 4 is 0 Å². The monoisotopic (exact) mass is 286 g/mol. The normalized spacial score (nSPS) is 15.2. The van der Waals surface area contributed by atoms with Gasteiger partial charge in [-0.15, -0.1) is 0 Å². The largest absolute Gasteiger partial charge is 0.498 e. The van der Waals surface area contributed by atoms with Crippen LogP contribution in [0.3, 0.4) is 0 Å². The molecule has 0 fully saturated rings. The molecule has 0 unspecified atom stereocenters. The summed E-state index contributed by atoms with van der Waals surface area (Å²) in [4.78, 5) is 0. The van der Waals surface area contributed by atoms with Crippen molar-refractivity contribution in [3.05, 3.63) is 53.3 Å². The Bertz CT molecular complexity index is 521. The summed E-state index contributed by atoms with van der Waals surface area (Å²) >= 11 is 0. The molecular weight excluding hydrogens is 260 g/mol. The molecule has 1 aromatic rings. The fraction of sp³-hybridized carbons (Fsp3) is 0.474. The Hall–Kier alpha value is -1.70. The van der Waals surface area contributed by atoms with Gasteiger partial charge in [-0.2, -0.15) is 0 Å². The van der Waals surface area contributed by atoms with Gasteiger partial charge in [0.15, 0.2) is 0 Å². The van der Waals surface area contributed by atoms with E-state index >= 15 is 0 Å². The predicted molar refractivity (Wildman–Crippen MR) is 87.7 cm³/mol. The van der Waals surface area contributed by atoms with Gasteiger partial charge in [-0.3, -0.25) is 0 Å². The Morgan fingerprint density at radius 3 is 2.10 bits per heavy atom. The Morgan fingerprint density at radius 1 is 0.905 bits per heavy atom. The van der Waals surface area contributed by atoms with Gasteiger partial charge in [-0.05, 0) is 44.0 Å². The molecule has 114 valence electrons. The maximum atomic E-state index is 5.59. The number of benzene rings is 1. The molecule has 0 atom stereocenters. The van der Waals surface area contributed by atoms with E-state index in [0.29, 0.717) is 6.61 Å². The minimum atomic E-state index is 0.0407. The van der Waals surface area contributed by atoms with E-state index in [0.717, 1.165) is 31.0 Å². The van der Waals surface area contributed by atoms with Gasteiger partial charge in [0.1, 0.15) is 5.75 Å². The molecule has 1 aliphatic rings. The molecule has 0 saturated carbocycles. The van der Waals surface area contributed by atoms with Crippen LogP contribution < -0.4 is 4.74 Å². The topological polar surface area (TPSA) is 18.5 Å². The van der Waals surface area contributed by atoms with E-state index in [1.807, 2.05) is 13.8 Å². The van der Waals surface area contributed by atoms with Crippen LogP contribution in [0.15, 0.2) is 47.7 Å². The smallest absolute Gasteiger partial charge is 0.119 e. The van der Waals surface area contributed by atoms with Gasteiger partial charge in [0.2, 0.25) is 0 Å². The van der Waals surface area contributed by atoms with Gasteiger partial charge < -0.3 is 9.47 Å². The van der Waals surface area contributed by atoms with Crippen molar-refractivity contribution in [2.24, 2.45) is 0 Å². The number of rotatable bonds is 6. The number of hydrogen-bond acceptors (Lipinski definition) is 2. The summed E-state index contributed by atoms with van der Waals surface area (Å²) in [6.07, 6.45) is 6.41. The maximum absolute atomic E-state index is 5.59. The van der Waals surface area contributed by atoms with Crippen LogP contribution in [-0.2, 0) is 10.2 Å². The van der Waals surface area contributed by atoms with Gasteiger partial charge in [-0.1, -0.05) is 37.6 Å². The zero-order valence-electron chi connectivity index (χ0n) is 13.6. The highest BCUT2D eigenvalue weighted by Crippen LogP contribution is 2.37. The van der Waals surface area contributed by atoms with E-state index in [1.165, 1.54) is 11.1 Å². The van der Waals surface area contributed by atoms with Crippen molar-refractivity contribution in [3.8, 4) is 5.75 Å². The highest BCUT2D eigenvalue weighted by atomic mass is 16.5. The molecule has 1 aromatic carbocycles. The number of allylic oxidation sites excluding steroid dienone is 4. The molecule has 2 heteroatoms. The van der Waals surface area contributed by atoms with Crippen LogP contribution in [0.5, 0.6) is 5.75 Å². The Labute approximate surface area is 128 Å². The summed E-state index contributed by atoms with van der Waals surface area (Å²) in [5, 5.41) is 0. The van der Waals surface area contributed by atoms with Crippen molar-refractivity contribution in [2.45, 2.75) is 46.0 Å². The lowest BCUT2D eigenvalue weighted by molar-refractivity contribution is 0.216. The third-order valence-corrected chi connectivity index (χ3v) is 4.13. The quantitative estimate of drug-likeness (QED) is 0.732. The van der Waals surface area contributed by atoms with Crippen LogP contribution in [0.4, 0.5) is 0 Å². The lowest BCUT2D eigenvalue weighted by atomic mass is 9.74. The molecule has 0 bridgehead atoms. The average molecular weight is 286 g/mol. The minimum absolute atomic E-state index is 0.0407. The molecule has 2 rings (SSSR count). The first-order valence-corrected chi connectivity index (χ1v) is 7.84. The molecule has 0 heterocycles. The lowest BCUT2D eigenvalue weighted by Crippen LogP contribution is -2.21. The molecule has 0 aliphatic heterocycles. The van der Waals surface area contributed by atoms with E-state index < -0.39 is 0 Å². The molecule has 0 aromatic heterocycles. The highest BCUT2D eigenvalue weighted by molar-refractivity contribution is 5.40. The third-order valence-electron chi connectivity index (χ3n) is 4.13.